The minimum Gasteiger partial charge on any atom is -0.497 e. The average molecular weight is 715 g/mol. The lowest BCUT2D eigenvalue weighted by molar-refractivity contribution is -0.129. The Bertz CT molecular complexity index is 1850. The van der Waals surface area contributed by atoms with E-state index >= 15 is 0 Å². The fourth-order valence-electron chi connectivity index (χ4n) is 10.7. The Kier molecular flexibility index (Phi) is 10.7. The number of carbonyl (C=O) groups excluding carboxylic acids is 1. The standard InChI is InChI=1S/C24H30O3.C24H28O2/c1-16-8-10-22(26-3)14-20(16)12-18-6-5-7-19(24(18)25)13-21-15-23(27-4)11-9-17(21)2;1-14-8-10-20(25-3)22-18(14)12-16-6-5-7-17-13-19-15(2)9-11-21(26-4)23(19)24(16,17)22/h8-11,14-15,18-19H,5-7,12-13H2,1-4H3;8-11,16-17H,5-7,12-13H2,1-4H3/t18-,19-;16-,17-,24?/m00/s1. The Labute approximate surface area is 317 Å². The summed E-state index contributed by atoms with van der Waals surface area (Å²) in [7, 11) is 7.03. The first-order chi connectivity index (χ1) is 25.6. The third-order valence-electron chi connectivity index (χ3n) is 13.5. The number of carbonyl (C=O) groups is 1. The summed E-state index contributed by atoms with van der Waals surface area (Å²) in [6.45, 7) is 8.76. The van der Waals surface area contributed by atoms with Crippen LogP contribution < -0.4 is 18.9 Å². The molecule has 0 N–H and O–H groups in total. The summed E-state index contributed by atoms with van der Waals surface area (Å²) in [5.41, 5.74) is 13.9. The molecule has 0 saturated heterocycles. The number of benzene rings is 4. The summed E-state index contributed by atoms with van der Waals surface area (Å²) in [4.78, 5) is 13.2. The normalized spacial score (nSPS) is 23.9. The average Bonchev–Trinajstić information content (AvgIpc) is 3.72. The van der Waals surface area contributed by atoms with Gasteiger partial charge in [-0.15, -0.1) is 0 Å². The van der Waals surface area contributed by atoms with E-state index in [0.29, 0.717) is 17.6 Å². The zero-order valence-electron chi connectivity index (χ0n) is 33.2. The van der Waals surface area contributed by atoms with Crippen molar-refractivity contribution >= 4 is 5.78 Å². The fourth-order valence-corrected chi connectivity index (χ4v) is 10.7. The molecule has 0 bridgehead atoms. The van der Waals surface area contributed by atoms with Gasteiger partial charge in [0.05, 0.1) is 28.4 Å². The molecule has 280 valence electrons. The number of rotatable bonds is 8. The Hall–Kier alpha value is -4.25. The van der Waals surface area contributed by atoms with E-state index in [1.165, 1.54) is 87.7 Å². The van der Waals surface area contributed by atoms with E-state index in [2.05, 4.69) is 76.2 Å². The Morgan fingerprint density at radius 2 is 0.962 bits per heavy atom. The number of hydrogen-bond acceptors (Lipinski definition) is 5. The number of ether oxygens (including phenoxy) is 4. The zero-order valence-corrected chi connectivity index (χ0v) is 33.2. The van der Waals surface area contributed by atoms with Gasteiger partial charge in [0, 0.05) is 28.4 Å². The van der Waals surface area contributed by atoms with Gasteiger partial charge in [-0.1, -0.05) is 37.1 Å². The Morgan fingerprint density at radius 1 is 0.547 bits per heavy atom. The zero-order chi connectivity index (χ0) is 37.4. The number of fused-ring (bicyclic) bond motifs is 2. The SMILES string of the molecule is COc1ccc(C)c(C[C@@H]2CCC[C@@H](Cc3cc(OC)ccc3C)C2=O)c1.COc1ccc(C)c2c1C13c4c(OC)ccc(C)c4C[C@@H]1CCC[C@H]3C2. The highest BCUT2D eigenvalue weighted by atomic mass is 16.5. The van der Waals surface area contributed by atoms with Gasteiger partial charge in [-0.05, 0) is 172 Å². The lowest BCUT2D eigenvalue weighted by atomic mass is 9.59. The molecule has 4 aliphatic carbocycles. The second-order valence-electron chi connectivity index (χ2n) is 16.2. The van der Waals surface area contributed by atoms with Gasteiger partial charge in [0.15, 0.2) is 0 Å². The third-order valence-corrected chi connectivity index (χ3v) is 13.5. The van der Waals surface area contributed by atoms with Gasteiger partial charge in [0.1, 0.15) is 28.8 Å². The van der Waals surface area contributed by atoms with Gasteiger partial charge >= 0.3 is 0 Å². The third kappa shape index (κ3) is 6.53. The lowest BCUT2D eigenvalue weighted by Crippen LogP contribution is -2.41. The molecule has 4 aromatic rings. The first-order valence-electron chi connectivity index (χ1n) is 19.8. The van der Waals surface area contributed by atoms with Crippen molar-refractivity contribution in [3.8, 4) is 23.0 Å². The summed E-state index contributed by atoms with van der Waals surface area (Å²) in [6.07, 6.45) is 11.1. The highest BCUT2D eigenvalue weighted by Crippen LogP contribution is 2.66. The van der Waals surface area contributed by atoms with Gasteiger partial charge in [-0.3, -0.25) is 4.79 Å². The van der Waals surface area contributed by atoms with Gasteiger partial charge in [0.2, 0.25) is 0 Å². The van der Waals surface area contributed by atoms with E-state index in [1.807, 2.05) is 26.4 Å². The molecule has 4 aromatic carbocycles. The second kappa shape index (κ2) is 15.2. The largest absolute Gasteiger partial charge is 0.497 e. The van der Waals surface area contributed by atoms with E-state index in [0.717, 1.165) is 55.1 Å². The first kappa shape index (κ1) is 37.1. The number of Topliss-reactive ketones (excluding diaryl/α,β-unsaturated/α-hetero) is 1. The molecule has 53 heavy (non-hydrogen) atoms. The van der Waals surface area contributed by atoms with Crippen LogP contribution in [-0.4, -0.2) is 34.2 Å². The summed E-state index contributed by atoms with van der Waals surface area (Å²) in [5, 5.41) is 0. The minimum absolute atomic E-state index is 0.0810. The molecule has 1 spiro atoms. The molecule has 0 radical (unpaired) electrons. The van der Waals surface area contributed by atoms with Crippen LogP contribution in [0, 0.1) is 51.4 Å². The molecule has 0 heterocycles. The molecule has 0 amide bonds. The maximum atomic E-state index is 13.2. The molecule has 5 nitrogen and oxygen atoms in total. The summed E-state index contributed by atoms with van der Waals surface area (Å²) >= 11 is 0. The van der Waals surface area contributed by atoms with E-state index in [4.69, 9.17) is 18.9 Å². The molecular formula is C48H58O5. The van der Waals surface area contributed by atoms with Crippen LogP contribution in [-0.2, 0) is 35.9 Å². The van der Waals surface area contributed by atoms with Crippen molar-refractivity contribution in [3.63, 3.8) is 0 Å². The summed E-state index contributed by atoms with van der Waals surface area (Å²) in [5.74, 6) is 5.87. The molecular weight excluding hydrogens is 657 g/mol. The van der Waals surface area contributed by atoms with Gasteiger partial charge in [-0.25, -0.2) is 0 Å². The first-order valence-corrected chi connectivity index (χ1v) is 19.8. The van der Waals surface area contributed by atoms with Crippen LogP contribution >= 0.6 is 0 Å². The van der Waals surface area contributed by atoms with Crippen LogP contribution in [0.1, 0.15) is 94.2 Å². The molecule has 4 atom stereocenters. The molecule has 5 heteroatoms. The van der Waals surface area contributed by atoms with Crippen LogP contribution in [0.3, 0.4) is 0 Å². The highest BCUT2D eigenvalue weighted by Gasteiger charge is 2.60. The molecule has 0 aromatic heterocycles. The van der Waals surface area contributed by atoms with E-state index in [-0.39, 0.29) is 17.3 Å². The quantitative estimate of drug-likeness (QED) is 0.182. The van der Waals surface area contributed by atoms with E-state index < -0.39 is 0 Å². The maximum absolute atomic E-state index is 13.2. The van der Waals surface area contributed by atoms with Crippen LogP contribution in [0.2, 0.25) is 0 Å². The highest BCUT2D eigenvalue weighted by molar-refractivity contribution is 5.84. The topological polar surface area (TPSA) is 54.0 Å². The lowest BCUT2D eigenvalue weighted by Gasteiger charge is -2.44. The van der Waals surface area contributed by atoms with Crippen LogP contribution in [0.5, 0.6) is 23.0 Å². The number of hydrogen-bond donors (Lipinski definition) is 0. The van der Waals surface area contributed by atoms with Crippen molar-refractivity contribution < 1.29 is 23.7 Å². The number of ketones is 1. The van der Waals surface area contributed by atoms with Crippen molar-refractivity contribution in [3.05, 3.63) is 116 Å². The summed E-state index contributed by atoms with van der Waals surface area (Å²) in [6, 6.07) is 21.2. The van der Waals surface area contributed by atoms with Crippen LogP contribution in [0.15, 0.2) is 60.7 Å². The number of methoxy groups -OCH3 is 4. The molecule has 0 unspecified atom stereocenters. The summed E-state index contributed by atoms with van der Waals surface area (Å²) < 4.78 is 22.6. The van der Waals surface area contributed by atoms with Crippen molar-refractivity contribution in [2.75, 3.05) is 28.4 Å². The molecule has 0 aliphatic heterocycles. The predicted molar refractivity (Wildman–Crippen MR) is 213 cm³/mol. The second-order valence-corrected chi connectivity index (χ2v) is 16.2. The van der Waals surface area contributed by atoms with Crippen molar-refractivity contribution in [2.45, 2.75) is 97.3 Å². The predicted octanol–water partition coefficient (Wildman–Crippen LogP) is 10.2. The molecule has 8 rings (SSSR count). The Balaban J connectivity index is 0.000000164. The monoisotopic (exact) mass is 714 g/mol. The van der Waals surface area contributed by atoms with E-state index in [9.17, 15) is 4.79 Å². The van der Waals surface area contributed by atoms with E-state index in [1.54, 1.807) is 14.2 Å². The van der Waals surface area contributed by atoms with Crippen molar-refractivity contribution in [2.24, 2.45) is 23.7 Å². The van der Waals surface area contributed by atoms with Crippen LogP contribution in [0.25, 0.3) is 0 Å². The molecule has 4 aliphatic rings. The van der Waals surface area contributed by atoms with Gasteiger partial charge in [-0.2, -0.15) is 0 Å². The van der Waals surface area contributed by atoms with Gasteiger partial charge < -0.3 is 18.9 Å². The van der Waals surface area contributed by atoms with Gasteiger partial charge in [0.25, 0.3) is 0 Å². The molecule has 2 saturated carbocycles. The Morgan fingerprint density at radius 3 is 1.38 bits per heavy atom. The smallest absolute Gasteiger partial charge is 0.139 e. The minimum atomic E-state index is 0.0810. The van der Waals surface area contributed by atoms with Crippen molar-refractivity contribution in [1.29, 1.82) is 0 Å². The maximum Gasteiger partial charge on any atom is 0.139 e. The van der Waals surface area contributed by atoms with Crippen molar-refractivity contribution in [1.82, 2.24) is 0 Å². The molecule has 2 fully saturated rings. The fraction of sp³-hybridized carbons (Fsp3) is 0.479. The number of aryl methyl sites for hydroxylation is 4. The van der Waals surface area contributed by atoms with Crippen LogP contribution in [0.4, 0.5) is 0 Å².